The van der Waals surface area contributed by atoms with Crippen LogP contribution in [0, 0.1) is 0 Å². The van der Waals surface area contributed by atoms with Gasteiger partial charge in [-0.3, -0.25) is 19.3 Å². The molecule has 31 heavy (non-hydrogen) atoms. The maximum absolute atomic E-state index is 13.5. The Balaban J connectivity index is 1.76. The molecule has 0 aliphatic carbocycles. The van der Waals surface area contributed by atoms with Crippen molar-refractivity contribution in [1.29, 1.82) is 0 Å². The number of urea groups is 1. The number of imide groups is 1. The molecule has 1 fully saturated rings. The SMILES string of the molecule is CN1C(=O)CC(NC(=O)Nc2ccc(NC(=O)c3ccccc3)cc2C(F)(F)F)C1=O. The largest absolute Gasteiger partial charge is 0.418 e. The maximum Gasteiger partial charge on any atom is 0.418 e. The average Bonchev–Trinajstić information content (AvgIpc) is 2.95. The number of hydrogen-bond acceptors (Lipinski definition) is 4. The number of carbonyl (C=O) groups excluding carboxylic acids is 4. The highest BCUT2D eigenvalue weighted by atomic mass is 19.4. The highest BCUT2D eigenvalue weighted by Crippen LogP contribution is 2.36. The Morgan fingerprint density at radius 1 is 1.03 bits per heavy atom. The summed E-state index contributed by atoms with van der Waals surface area (Å²) in [5.41, 5.74) is -1.63. The lowest BCUT2D eigenvalue weighted by atomic mass is 10.1. The summed E-state index contributed by atoms with van der Waals surface area (Å²) in [7, 11) is 1.24. The Morgan fingerprint density at radius 3 is 2.29 bits per heavy atom. The monoisotopic (exact) mass is 434 g/mol. The highest BCUT2D eigenvalue weighted by Gasteiger charge is 2.38. The summed E-state index contributed by atoms with van der Waals surface area (Å²) in [5.74, 6) is -1.76. The third-order valence-electron chi connectivity index (χ3n) is 4.55. The molecule has 1 saturated heterocycles. The average molecular weight is 434 g/mol. The molecule has 2 aromatic rings. The van der Waals surface area contributed by atoms with Crippen LogP contribution in [0.4, 0.5) is 29.3 Å². The molecular weight excluding hydrogens is 417 g/mol. The van der Waals surface area contributed by atoms with E-state index in [1.54, 1.807) is 18.2 Å². The predicted octanol–water partition coefficient (Wildman–Crippen LogP) is 2.84. The van der Waals surface area contributed by atoms with Crippen molar-refractivity contribution >= 4 is 35.1 Å². The molecule has 0 radical (unpaired) electrons. The van der Waals surface area contributed by atoms with Crippen LogP contribution in [0.25, 0.3) is 0 Å². The zero-order chi connectivity index (χ0) is 22.8. The van der Waals surface area contributed by atoms with Gasteiger partial charge in [-0.25, -0.2) is 4.79 Å². The number of likely N-dealkylation sites (N-methyl/N-ethyl adjacent to an activating group) is 1. The summed E-state index contributed by atoms with van der Waals surface area (Å²) in [4.78, 5) is 48.5. The quantitative estimate of drug-likeness (QED) is 0.643. The molecule has 5 amide bonds. The first kappa shape index (κ1) is 21.8. The van der Waals surface area contributed by atoms with E-state index >= 15 is 0 Å². The Bertz CT molecular complexity index is 1040. The van der Waals surface area contributed by atoms with Crippen molar-refractivity contribution in [3.63, 3.8) is 0 Å². The molecule has 1 aliphatic heterocycles. The summed E-state index contributed by atoms with van der Waals surface area (Å²) in [5, 5.41) is 6.60. The molecule has 1 heterocycles. The van der Waals surface area contributed by atoms with Gasteiger partial charge in [0.1, 0.15) is 6.04 Å². The highest BCUT2D eigenvalue weighted by molar-refractivity contribution is 6.07. The fourth-order valence-corrected chi connectivity index (χ4v) is 2.94. The zero-order valence-corrected chi connectivity index (χ0v) is 16.1. The van der Waals surface area contributed by atoms with Crippen molar-refractivity contribution in [1.82, 2.24) is 10.2 Å². The molecule has 8 nitrogen and oxygen atoms in total. The molecule has 3 N–H and O–H groups in total. The molecule has 0 bridgehead atoms. The molecule has 3 rings (SSSR count). The van der Waals surface area contributed by atoms with E-state index in [4.69, 9.17) is 0 Å². The van der Waals surface area contributed by atoms with Crippen molar-refractivity contribution in [3.05, 3.63) is 59.7 Å². The van der Waals surface area contributed by atoms with E-state index < -0.39 is 47.2 Å². The molecule has 1 aliphatic rings. The second kappa shape index (κ2) is 8.46. The first-order valence-corrected chi connectivity index (χ1v) is 9.02. The Labute approximate surface area is 174 Å². The third-order valence-corrected chi connectivity index (χ3v) is 4.55. The molecular formula is C20H17F3N4O4. The van der Waals surface area contributed by atoms with E-state index in [-0.39, 0.29) is 17.7 Å². The molecule has 0 aromatic heterocycles. The van der Waals surface area contributed by atoms with Gasteiger partial charge in [0.05, 0.1) is 17.7 Å². The van der Waals surface area contributed by atoms with Gasteiger partial charge in [-0.1, -0.05) is 18.2 Å². The summed E-state index contributed by atoms with van der Waals surface area (Å²) in [6.07, 6.45) is -5.12. The van der Waals surface area contributed by atoms with E-state index in [1.165, 1.54) is 25.2 Å². The molecule has 0 spiro atoms. The van der Waals surface area contributed by atoms with Crippen LogP contribution >= 0.6 is 0 Å². The van der Waals surface area contributed by atoms with E-state index in [1.807, 2.05) is 5.32 Å². The summed E-state index contributed by atoms with van der Waals surface area (Å²) >= 11 is 0. The Morgan fingerprint density at radius 2 is 1.71 bits per heavy atom. The number of benzene rings is 2. The van der Waals surface area contributed by atoms with E-state index in [2.05, 4.69) is 10.6 Å². The van der Waals surface area contributed by atoms with Crippen LogP contribution in [-0.4, -0.2) is 41.7 Å². The second-order valence-corrected chi connectivity index (χ2v) is 6.72. The minimum absolute atomic E-state index is 0.120. The fraction of sp³-hybridized carbons (Fsp3) is 0.200. The lowest BCUT2D eigenvalue weighted by Crippen LogP contribution is -2.42. The number of nitrogens with zero attached hydrogens (tertiary/aromatic N) is 1. The number of likely N-dealkylation sites (tertiary alicyclic amines) is 1. The van der Waals surface area contributed by atoms with Gasteiger partial charge in [0.15, 0.2) is 0 Å². The van der Waals surface area contributed by atoms with Crippen LogP contribution in [0.1, 0.15) is 22.3 Å². The smallest absolute Gasteiger partial charge is 0.326 e. The van der Waals surface area contributed by atoms with Gasteiger partial charge in [0.25, 0.3) is 11.8 Å². The lowest BCUT2D eigenvalue weighted by Gasteiger charge is -2.17. The van der Waals surface area contributed by atoms with Gasteiger partial charge in [0, 0.05) is 18.3 Å². The number of nitrogens with one attached hydrogen (secondary N) is 3. The van der Waals surface area contributed by atoms with Crippen LogP contribution in [0.5, 0.6) is 0 Å². The summed E-state index contributed by atoms with van der Waals surface area (Å²) in [6.45, 7) is 0. The number of rotatable bonds is 4. The van der Waals surface area contributed by atoms with E-state index in [0.29, 0.717) is 6.07 Å². The van der Waals surface area contributed by atoms with Crippen molar-refractivity contribution in [2.24, 2.45) is 0 Å². The van der Waals surface area contributed by atoms with Crippen molar-refractivity contribution in [2.75, 3.05) is 17.7 Å². The normalized spacial score (nSPS) is 16.3. The van der Waals surface area contributed by atoms with Crippen LogP contribution in [-0.2, 0) is 15.8 Å². The molecule has 2 aromatic carbocycles. The minimum Gasteiger partial charge on any atom is -0.326 e. The fourth-order valence-electron chi connectivity index (χ4n) is 2.94. The minimum atomic E-state index is -4.84. The topological polar surface area (TPSA) is 108 Å². The van der Waals surface area contributed by atoms with Crippen molar-refractivity contribution in [2.45, 2.75) is 18.6 Å². The Kier molecular flexibility index (Phi) is 5.95. The first-order valence-electron chi connectivity index (χ1n) is 9.02. The van der Waals surface area contributed by atoms with Gasteiger partial charge in [0.2, 0.25) is 5.91 Å². The van der Waals surface area contributed by atoms with Crippen LogP contribution in [0.2, 0.25) is 0 Å². The van der Waals surface area contributed by atoms with Gasteiger partial charge in [-0.05, 0) is 30.3 Å². The molecule has 11 heteroatoms. The number of amides is 5. The van der Waals surface area contributed by atoms with Crippen LogP contribution in [0.15, 0.2) is 48.5 Å². The zero-order valence-electron chi connectivity index (χ0n) is 16.1. The van der Waals surface area contributed by atoms with Gasteiger partial charge in [-0.2, -0.15) is 13.2 Å². The number of hydrogen-bond donors (Lipinski definition) is 3. The third kappa shape index (κ3) is 5.00. The van der Waals surface area contributed by atoms with Crippen LogP contribution < -0.4 is 16.0 Å². The molecule has 1 unspecified atom stereocenters. The molecule has 162 valence electrons. The van der Waals surface area contributed by atoms with Gasteiger partial charge in [-0.15, -0.1) is 0 Å². The standard InChI is InChI=1S/C20H17F3N4O4/c1-27-16(28)10-15(18(27)30)26-19(31)25-14-8-7-12(9-13(14)20(21,22)23)24-17(29)11-5-3-2-4-6-11/h2-9,15H,10H2,1H3,(H,24,29)(H2,25,26,31). The molecule has 0 saturated carbocycles. The van der Waals surface area contributed by atoms with Gasteiger partial charge < -0.3 is 16.0 Å². The predicted molar refractivity (Wildman–Crippen MR) is 104 cm³/mol. The Hall–Kier alpha value is -3.89. The van der Waals surface area contributed by atoms with Gasteiger partial charge >= 0.3 is 12.2 Å². The number of halogens is 3. The van der Waals surface area contributed by atoms with Crippen LogP contribution in [0.3, 0.4) is 0 Å². The lowest BCUT2D eigenvalue weighted by molar-refractivity contribution is -0.138. The summed E-state index contributed by atoms with van der Waals surface area (Å²) < 4.78 is 40.6. The second-order valence-electron chi connectivity index (χ2n) is 6.72. The molecule has 1 atom stereocenters. The number of carbonyl (C=O) groups is 4. The maximum atomic E-state index is 13.5. The van der Waals surface area contributed by atoms with E-state index in [0.717, 1.165) is 11.0 Å². The number of alkyl halides is 3. The number of anilines is 2. The summed E-state index contributed by atoms with van der Waals surface area (Å²) in [6, 6.07) is 8.57. The van der Waals surface area contributed by atoms with Crippen molar-refractivity contribution in [3.8, 4) is 0 Å². The van der Waals surface area contributed by atoms with Crippen molar-refractivity contribution < 1.29 is 32.3 Å². The van der Waals surface area contributed by atoms with E-state index in [9.17, 15) is 32.3 Å². The first-order chi connectivity index (χ1) is 14.6.